The van der Waals surface area contributed by atoms with Gasteiger partial charge in [0.15, 0.2) is 4.77 Å². The third-order valence-electron chi connectivity index (χ3n) is 2.17. The molecule has 0 amide bonds. The molecule has 1 aromatic carbocycles. The minimum Gasteiger partial charge on any atom is -0.494 e. The number of hydrogen-bond acceptors (Lipinski definition) is 5. The predicted octanol–water partition coefficient (Wildman–Crippen LogP) is 2.18. The van der Waals surface area contributed by atoms with E-state index < -0.39 is 5.56 Å². The van der Waals surface area contributed by atoms with E-state index >= 15 is 0 Å². The van der Waals surface area contributed by atoms with Gasteiger partial charge in [0.05, 0.1) is 5.69 Å². The predicted molar refractivity (Wildman–Crippen MR) is 74.9 cm³/mol. The number of benzene rings is 1. The zero-order valence-corrected chi connectivity index (χ0v) is 10.8. The van der Waals surface area contributed by atoms with Crippen molar-refractivity contribution in [2.45, 2.75) is 4.90 Å². The van der Waals surface area contributed by atoms with Gasteiger partial charge in [0.2, 0.25) is 5.88 Å². The van der Waals surface area contributed by atoms with E-state index in [1.54, 1.807) is 18.2 Å². The smallest absolute Gasteiger partial charge is 0.264 e. The lowest BCUT2D eigenvalue weighted by Crippen LogP contribution is -2.13. The van der Waals surface area contributed by atoms with Gasteiger partial charge in [-0.25, -0.2) is 0 Å². The summed E-state index contributed by atoms with van der Waals surface area (Å²) in [4.78, 5) is 21.1. The number of aromatic amines is 2. The zero-order chi connectivity index (χ0) is 13.1. The van der Waals surface area contributed by atoms with Crippen LogP contribution in [0.2, 0.25) is 0 Å². The average molecular weight is 279 g/mol. The van der Waals surface area contributed by atoms with E-state index in [2.05, 4.69) is 27.6 Å². The maximum Gasteiger partial charge on any atom is 0.264 e. The topological polar surface area (TPSA) is 81.2 Å². The van der Waals surface area contributed by atoms with Crippen molar-refractivity contribution in [2.75, 3.05) is 0 Å². The molecule has 1 aromatic heterocycles. The molecule has 0 bridgehead atoms. The monoisotopic (exact) mass is 279 g/mol. The Morgan fingerprint density at radius 3 is 2.72 bits per heavy atom. The number of hydrogen-bond donors (Lipinski definition) is 4. The number of aromatic nitrogens is 2. The number of para-hydroxylation sites is 1. The lowest BCUT2D eigenvalue weighted by atomic mass is 10.3. The van der Waals surface area contributed by atoms with E-state index in [9.17, 15) is 9.90 Å². The van der Waals surface area contributed by atoms with Gasteiger partial charge in [-0.05, 0) is 24.4 Å². The second-order valence-corrected chi connectivity index (χ2v) is 4.31. The summed E-state index contributed by atoms with van der Waals surface area (Å²) in [5, 5.41) is 9.57. The van der Waals surface area contributed by atoms with Crippen LogP contribution in [-0.4, -0.2) is 21.3 Å². The van der Waals surface area contributed by atoms with Gasteiger partial charge in [0.25, 0.3) is 5.56 Å². The van der Waals surface area contributed by atoms with Crippen molar-refractivity contribution >= 4 is 36.7 Å². The molecule has 0 aliphatic rings. The first-order valence-electron chi connectivity index (χ1n) is 4.95. The number of rotatable bonds is 2. The summed E-state index contributed by atoms with van der Waals surface area (Å²) in [6, 6.07) is 7.15. The molecule has 0 fully saturated rings. The van der Waals surface area contributed by atoms with Crippen molar-refractivity contribution in [3.8, 4) is 5.88 Å². The summed E-state index contributed by atoms with van der Waals surface area (Å²) in [5.41, 5.74) is 0.110. The summed E-state index contributed by atoms with van der Waals surface area (Å²) >= 11 is 8.94. The van der Waals surface area contributed by atoms with Crippen LogP contribution in [0, 0.1) is 4.77 Å². The Kier molecular flexibility index (Phi) is 3.63. The van der Waals surface area contributed by atoms with Crippen LogP contribution in [-0.2, 0) is 0 Å². The van der Waals surface area contributed by atoms with E-state index in [1.165, 1.54) is 6.21 Å². The van der Waals surface area contributed by atoms with Gasteiger partial charge in [-0.15, -0.1) is 12.6 Å². The van der Waals surface area contributed by atoms with Crippen LogP contribution in [0.4, 0.5) is 5.69 Å². The van der Waals surface area contributed by atoms with Crippen molar-refractivity contribution in [3.63, 3.8) is 0 Å². The van der Waals surface area contributed by atoms with Crippen molar-refractivity contribution < 1.29 is 5.11 Å². The Hall–Kier alpha value is -1.86. The van der Waals surface area contributed by atoms with Gasteiger partial charge < -0.3 is 10.1 Å². The minimum absolute atomic E-state index is 0.0141. The first-order valence-corrected chi connectivity index (χ1v) is 5.81. The molecule has 0 aliphatic carbocycles. The number of aliphatic imine (C=N–C) groups is 1. The Bertz CT molecular complexity index is 719. The SMILES string of the molecule is O=c1[nH]c(=S)[nH]c(O)c1C=Nc1ccccc1S. The Balaban J connectivity index is 2.45. The van der Waals surface area contributed by atoms with E-state index in [4.69, 9.17) is 12.2 Å². The molecule has 18 heavy (non-hydrogen) atoms. The molecule has 0 aliphatic heterocycles. The molecule has 5 nitrogen and oxygen atoms in total. The van der Waals surface area contributed by atoms with Crippen LogP contribution in [0.15, 0.2) is 38.9 Å². The highest BCUT2D eigenvalue weighted by molar-refractivity contribution is 7.80. The molecule has 92 valence electrons. The minimum atomic E-state index is -0.503. The quantitative estimate of drug-likeness (QED) is 0.386. The largest absolute Gasteiger partial charge is 0.494 e. The Morgan fingerprint density at radius 2 is 2.06 bits per heavy atom. The Labute approximate surface area is 113 Å². The average Bonchev–Trinajstić information content (AvgIpc) is 2.30. The van der Waals surface area contributed by atoms with Gasteiger partial charge >= 0.3 is 0 Å². The van der Waals surface area contributed by atoms with E-state index in [-0.39, 0.29) is 16.2 Å². The highest BCUT2D eigenvalue weighted by Crippen LogP contribution is 2.21. The van der Waals surface area contributed by atoms with Gasteiger partial charge in [-0.2, -0.15) is 0 Å². The Morgan fingerprint density at radius 1 is 1.33 bits per heavy atom. The van der Waals surface area contributed by atoms with Gasteiger partial charge in [0, 0.05) is 11.1 Å². The molecule has 3 N–H and O–H groups in total. The number of H-pyrrole nitrogens is 2. The van der Waals surface area contributed by atoms with Gasteiger partial charge in [-0.3, -0.25) is 14.8 Å². The summed E-state index contributed by atoms with van der Waals surface area (Å²) in [7, 11) is 0. The molecule has 0 atom stereocenters. The summed E-state index contributed by atoms with van der Waals surface area (Å²) in [5.74, 6) is -0.316. The van der Waals surface area contributed by atoms with Crippen molar-refractivity contribution in [1.29, 1.82) is 0 Å². The van der Waals surface area contributed by atoms with Crippen LogP contribution < -0.4 is 5.56 Å². The molecular formula is C11H9N3O2S2. The molecule has 2 aromatic rings. The highest BCUT2D eigenvalue weighted by atomic mass is 32.1. The standard InChI is InChI=1S/C11H9N3O2S2/c15-9-6(10(16)14-11(18)13-9)5-12-7-3-1-2-4-8(7)17/h1-5,17H,(H3,13,14,15,16,18). The zero-order valence-electron chi connectivity index (χ0n) is 9.04. The normalized spacial score (nSPS) is 10.9. The van der Waals surface area contributed by atoms with Crippen molar-refractivity contribution in [2.24, 2.45) is 4.99 Å². The molecular weight excluding hydrogens is 270 g/mol. The van der Waals surface area contributed by atoms with Gasteiger partial charge in [-0.1, -0.05) is 12.1 Å². The van der Waals surface area contributed by atoms with Crippen LogP contribution in [0.25, 0.3) is 0 Å². The maximum atomic E-state index is 11.6. The van der Waals surface area contributed by atoms with Crippen molar-refractivity contribution in [1.82, 2.24) is 9.97 Å². The second-order valence-electron chi connectivity index (χ2n) is 3.42. The summed E-state index contributed by atoms with van der Waals surface area (Å²) in [6.07, 6.45) is 1.26. The van der Waals surface area contributed by atoms with E-state index in [0.717, 1.165) is 0 Å². The molecule has 7 heteroatoms. The van der Waals surface area contributed by atoms with Crippen LogP contribution in [0.3, 0.4) is 0 Å². The third kappa shape index (κ3) is 2.69. The lowest BCUT2D eigenvalue weighted by Gasteiger charge is -1.99. The molecule has 0 spiro atoms. The third-order valence-corrected chi connectivity index (χ3v) is 2.76. The summed E-state index contributed by atoms with van der Waals surface area (Å²) in [6.45, 7) is 0. The number of aromatic hydroxyl groups is 1. The molecule has 2 rings (SSSR count). The first-order chi connectivity index (χ1) is 8.58. The van der Waals surface area contributed by atoms with Crippen LogP contribution in [0.5, 0.6) is 5.88 Å². The molecule has 1 heterocycles. The fourth-order valence-electron chi connectivity index (χ4n) is 1.31. The number of nitrogens with zero attached hydrogens (tertiary/aromatic N) is 1. The number of thiol groups is 1. The van der Waals surface area contributed by atoms with Crippen LogP contribution >= 0.6 is 24.8 Å². The fraction of sp³-hybridized carbons (Fsp3) is 0. The van der Waals surface area contributed by atoms with E-state index in [0.29, 0.717) is 10.6 Å². The maximum absolute atomic E-state index is 11.6. The first kappa shape index (κ1) is 12.6. The van der Waals surface area contributed by atoms with Gasteiger partial charge in [0.1, 0.15) is 5.56 Å². The summed E-state index contributed by atoms with van der Waals surface area (Å²) < 4.78 is 0.0595. The lowest BCUT2D eigenvalue weighted by molar-refractivity contribution is 0.449. The van der Waals surface area contributed by atoms with Crippen LogP contribution in [0.1, 0.15) is 5.56 Å². The fourth-order valence-corrected chi connectivity index (χ4v) is 1.72. The van der Waals surface area contributed by atoms with Crippen molar-refractivity contribution in [3.05, 3.63) is 45.0 Å². The number of nitrogens with one attached hydrogen (secondary N) is 2. The van der Waals surface area contributed by atoms with E-state index in [1.807, 2.05) is 6.07 Å². The highest BCUT2D eigenvalue weighted by Gasteiger charge is 2.04. The molecule has 0 unspecified atom stereocenters. The molecule has 0 saturated heterocycles. The molecule has 0 saturated carbocycles. The second kappa shape index (κ2) is 5.19. The molecule has 0 radical (unpaired) electrons.